The molecule has 3 rings (SSSR count). The zero-order chi connectivity index (χ0) is 15.0. The lowest BCUT2D eigenvalue weighted by molar-refractivity contribution is -0.123. The molecule has 112 valence electrons. The van der Waals surface area contributed by atoms with E-state index in [4.69, 9.17) is 23.2 Å². The average molecular weight is 325 g/mol. The van der Waals surface area contributed by atoms with Gasteiger partial charge in [-0.25, -0.2) is 5.43 Å². The van der Waals surface area contributed by atoms with Gasteiger partial charge in [0.25, 0.3) is 0 Å². The molecule has 2 aliphatic carbocycles. The van der Waals surface area contributed by atoms with E-state index < -0.39 is 0 Å². The number of rotatable bonds is 3. The van der Waals surface area contributed by atoms with Gasteiger partial charge in [0.05, 0.1) is 11.2 Å². The second-order valence-electron chi connectivity index (χ2n) is 6.24. The third kappa shape index (κ3) is 2.82. The van der Waals surface area contributed by atoms with Crippen molar-refractivity contribution in [1.29, 1.82) is 0 Å². The van der Waals surface area contributed by atoms with Crippen LogP contribution in [-0.4, -0.2) is 12.1 Å². The lowest BCUT2D eigenvalue weighted by atomic mass is 9.90. The molecule has 2 saturated carbocycles. The maximum Gasteiger partial charge on any atom is 0.244 e. The van der Waals surface area contributed by atoms with Crippen molar-refractivity contribution in [3.05, 3.63) is 33.8 Å². The Kier molecular flexibility index (Phi) is 3.98. The van der Waals surface area contributed by atoms with E-state index in [0.29, 0.717) is 16.0 Å². The van der Waals surface area contributed by atoms with Crippen LogP contribution >= 0.6 is 23.2 Å². The van der Waals surface area contributed by atoms with Crippen LogP contribution in [0.2, 0.25) is 10.0 Å². The molecule has 1 aromatic rings. The SMILES string of the molecule is C[C@@]12CCCC[C@@H]1[C@@H]2C(=O)N/N=C/c1ccc(Cl)cc1Cl. The van der Waals surface area contributed by atoms with Crippen LogP contribution < -0.4 is 5.43 Å². The molecule has 0 spiro atoms. The van der Waals surface area contributed by atoms with Gasteiger partial charge in [-0.15, -0.1) is 0 Å². The first-order valence-electron chi connectivity index (χ1n) is 7.30. The molecule has 0 aliphatic heterocycles. The number of halogens is 2. The van der Waals surface area contributed by atoms with Gasteiger partial charge in [0.2, 0.25) is 5.91 Å². The van der Waals surface area contributed by atoms with Crippen molar-refractivity contribution in [1.82, 2.24) is 5.43 Å². The number of nitrogens with one attached hydrogen (secondary N) is 1. The molecule has 1 amide bonds. The van der Waals surface area contributed by atoms with Gasteiger partial charge in [-0.3, -0.25) is 4.79 Å². The Hall–Kier alpha value is -1.06. The highest BCUT2D eigenvalue weighted by molar-refractivity contribution is 6.36. The van der Waals surface area contributed by atoms with E-state index in [0.717, 1.165) is 12.0 Å². The molecule has 3 atom stereocenters. The second-order valence-corrected chi connectivity index (χ2v) is 7.08. The van der Waals surface area contributed by atoms with Crippen molar-refractivity contribution in [2.75, 3.05) is 0 Å². The predicted molar refractivity (Wildman–Crippen MR) is 85.8 cm³/mol. The van der Waals surface area contributed by atoms with Crippen molar-refractivity contribution in [2.24, 2.45) is 22.4 Å². The Morgan fingerprint density at radius 1 is 1.43 bits per heavy atom. The first kappa shape index (κ1) is 14.9. The monoisotopic (exact) mass is 324 g/mol. The highest BCUT2D eigenvalue weighted by Crippen LogP contribution is 2.66. The van der Waals surface area contributed by atoms with Crippen molar-refractivity contribution in [3.63, 3.8) is 0 Å². The number of hydrogen-bond donors (Lipinski definition) is 1. The number of hydrazone groups is 1. The van der Waals surface area contributed by atoms with E-state index in [-0.39, 0.29) is 17.2 Å². The number of amides is 1. The number of hydrogen-bond acceptors (Lipinski definition) is 2. The van der Waals surface area contributed by atoms with Crippen molar-refractivity contribution < 1.29 is 4.79 Å². The summed E-state index contributed by atoms with van der Waals surface area (Å²) >= 11 is 11.9. The summed E-state index contributed by atoms with van der Waals surface area (Å²) in [5.74, 6) is 0.698. The molecule has 2 fully saturated rings. The molecule has 0 heterocycles. The fourth-order valence-corrected chi connectivity index (χ4v) is 4.15. The standard InChI is InChI=1S/C16H18Cl2N2O/c1-16-7-3-2-4-12(16)14(16)15(21)20-19-9-10-5-6-11(17)8-13(10)18/h5-6,8-9,12,14H,2-4,7H2,1H3,(H,20,21)/b19-9+/t12-,14-,16-/m1/s1. The van der Waals surface area contributed by atoms with Crippen molar-refractivity contribution in [2.45, 2.75) is 32.6 Å². The van der Waals surface area contributed by atoms with E-state index >= 15 is 0 Å². The highest BCUT2D eigenvalue weighted by Gasteiger charge is 2.64. The Labute approximate surface area is 134 Å². The molecule has 5 heteroatoms. The third-order valence-corrected chi connectivity index (χ3v) is 5.52. The summed E-state index contributed by atoms with van der Waals surface area (Å²) in [6, 6.07) is 5.18. The smallest absolute Gasteiger partial charge is 0.244 e. The average Bonchev–Trinajstić information content (AvgIpc) is 3.07. The molecule has 1 N–H and O–H groups in total. The maximum atomic E-state index is 12.2. The quantitative estimate of drug-likeness (QED) is 0.654. The summed E-state index contributed by atoms with van der Waals surface area (Å²) < 4.78 is 0. The summed E-state index contributed by atoms with van der Waals surface area (Å²) in [6.45, 7) is 2.22. The van der Waals surface area contributed by atoms with Gasteiger partial charge in [0.15, 0.2) is 0 Å². The van der Waals surface area contributed by atoms with Gasteiger partial charge in [0, 0.05) is 16.5 Å². The van der Waals surface area contributed by atoms with E-state index in [2.05, 4.69) is 17.5 Å². The van der Waals surface area contributed by atoms with Crippen LogP contribution in [0.1, 0.15) is 38.2 Å². The number of nitrogens with zero attached hydrogens (tertiary/aromatic N) is 1. The van der Waals surface area contributed by atoms with Crippen LogP contribution in [0.25, 0.3) is 0 Å². The second kappa shape index (κ2) is 5.62. The Bertz CT molecular complexity index is 602. The zero-order valence-electron chi connectivity index (χ0n) is 11.9. The lowest BCUT2D eigenvalue weighted by Gasteiger charge is -2.15. The summed E-state index contributed by atoms with van der Waals surface area (Å²) in [4.78, 5) is 12.2. The maximum absolute atomic E-state index is 12.2. The third-order valence-electron chi connectivity index (χ3n) is 4.95. The largest absolute Gasteiger partial charge is 0.273 e. The van der Waals surface area contributed by atoms with Gasteiger partial charge >= 0.3 is 0 Å². The number of fused-ring (bicyclic) bond motifs is 1. The Balaban J connectivity index is 1.60. The lowest BCUT2D eigenvalue weighted by Crippen LogP contribution is -2.22. The van der Waals surface area contributed by atoms with Gasteiger partial charge in [-0.05, 0) is 36.3 Å². The van der Waals surface area contributed by atoms with E-state index in [1.165, 1.54) is 19.3 Å². The van der Waals surface area contributed by atoms with Gasteiger partial charge in [-0.1, -0.05) is 49.0 Å². The molecular formula is C16H18Cl2N2O. The summed E-state index contributed by atoms with van der Waals surface area (Å²) in [5.41, 5.74) is 3.60. The number of benzene rings is 1. The minimum atomic E-state index is 0.0331. The van der Waals surface area contributed by atoms with Crippen LogP contribution in [0.5, 0.6) is 0 Å². The topological polar surface area (TPSA) is 41.5 Å². The van der Waals surface area contributed by atoms with E-state index in [9.17, 15) is 4.79 Å². The molecule has 0 aromatic heterocycles. The molecule has 0 radical (unpaired) electrons. The van der Waals surface area contributed by atoms with Crippen LogP contribution in [0, 0.1) is 17.3 Å². The van der Waals surface area contributed by atoms with Gasteiger partial charge < -0.3 is 0 Å². The van der Waals surface area contributed by atoms with E-state index in [1.54, 1.807) is 24.4 Å². The zero-order valence-corrected chi connectivity index (χ0v) is 13.4. The molecule has 21 heavy (non-hydrogen) atoms. The first-order valence-corrected chi connectivity index (χ1v) is 8.06. The van der Waals surface area contributed by atoms with Crippen molar-refractivity contribution >= 4 is 35.3 Å². The summed E-state index contributed by atoms with van der Waals surface area (Å²) in [5, 5.41) is 5.13. The molecular weight excluding hydrogens is 307 g/mol. The summed E-state index contributed by atoms with van der Waals surface area (Å²) in [7, 11) is 0. The Morgan fingerprint density at radius 3 is 2.90 bits per heavy atom. The fraction of sp³-hybridized carbons (Fsp3) is 0.500. The molecule has 2 aliphatic rings. The van der Waals surface area contributed by atoms with Gasteiger partial charge in [-0.2, -0.15) is 5.10 Å². The van der Waals surface area contributed by atoms with Crippen LogP contribution in [0.3, 0.4) is 0 Å². The molecule has 0 saturated heterocycles. The van der Waals surface area contributed by atoms with E-state index in [1.807, 2.05) is 0 Å². The van der Waals surface area contributed by atoms with Crippen molar-refractivity contribution in [3.8, 4) is 0 Å². The molecule has 0 unspecified atom stereocenters. The highest BCUT2D eigenvalue weighted by atomic mass is 35.5. The van der Waals surface area contributed by atoms with Crippen LogP contribution in [0.4, 0.5) is 0 Å². The molecule has 1 aromatic carbocycles. The van der Waals surface area contributed by atoms with Crippen LogP contribution in [-0.2, 0) is 4.79 Å². The fourth-order valence-electron chi connectivity index (χ4n) is 3.69. The molecule has 3 nitrogen and oxygen atoms in total. The summed E-state index contributed by atoms with van der Waals surface area (Å²) in [6.07, 6.45) is 6.36. The van der Waals surface area contributed by atoms with Gasteiger partial charge in [0.1, 0.15) is 0 Å². The predicted octanol–water partition coefficient (Wildman–Crippen LogP) is 4.27. The number of carbonyl (C=O) groups excluding carboxylic acids is 1. The molecule has 0 bridgehead atoms. The van der Waals surface area contributed by atoms with Crippen LogP contribution in [0.15, 0.2) is 23.3 Å². The number of carbonyl (C=O) groups is 1. The minimum absolute atomic E-state index is 0.0331. The first-order chi connectivity index (χ1) is 10.0. The Morgan fingerprint density at radius 2 is 2.24 bits per heavy atom. The minimum Gasteiger partial charge on any atom is -0.273 e. The normalized spacial score (nSPS) is 31.0.